The average Bonchev–Trinajstić information content (AvgIpc) is 3.46. The molecule has 4 nitrogen and oxygen atoms in total. The summed E-state index contributed by atoms with van der Waals surface area (Å²) in [6, 6.07) is 11.4. The summed E-state index contributed by atoms with van der Waals surface area (Å²) >= 11 is 0. The number of anilines is 2. The molecule has 2 heterocycles. The lowest BCUT2D eigenvalue weighted by Gasteiger charge is -2.30. The normalized spacial score (nSPS) is 18.2. The van der Waals surface area contributed by atoms with Crippen LogP contribution in [0.25, 0.3) is 0 Å². The Balaban J connectivity index is 1.62. The van der Waals surface area contributed by atoms with Crippen LogP contribution in [-0.4, -0.2) is 22.6 Å². The molecule has 1 aromatic carbocycles. The van der Waals surface area contributed by atoms with Crippen LogP contribution in [0.5, 0.6) is 0 Å². The zero-order chi connectivity index (χ0) is 16.5. The van der Waals surface area contributed by atoms with Gasteiger partial charge in [0.15, 0.2) is 0 Å². The SMILES string of the molecule is CC[C@@H](C)Nc1nc(C2CC2)cc(N2CCc3ccccc3C2)n1. The third-order valence-corrected chi connectivity index (χ3v) is 5.17. The van der Waals surface area contributed by atoms with Gasteiger partial charge in [-0.1, -0.05) is 31.2 Å². The molecule has 1 saturated carbocycles. The Bertz CT molecular complexity index is 723. The molecule has 1 N–H and O–H groups in total. The van der Waals surface area contributed by atoms with Crippen molar-refractivity contribution in [3.63, 3.8) is 0 Å². The Labute approximate surface area is 144 Å². The van der Waals surface area contributed by atoms with Crippen LogP contribution in [0.1, 0.15) is 55.8 Å². The largest absolute Gasteiger partial charge is 0.352 e. The molecule has 4 heteroatoms. The van der Waals surface area contributed by atoms with Crippen molar-refractivity contribution in [2.75, 3.05) is 16.8 Å². The fourth-order valence-corrected chi connectivity index (χ4v) is 3.28. The number of fused-ring (bicyclic) bond motifs is 1. The molecule has 0 spiro atoms. The van der Waals surface area contributed by atoms with Gasteiger partial charge in [-0.3, -0.25) is 0 Å². The van der Waals surface area contributed by atoms with Crippen LogP contribution in [-0.2, 0) is 13.0 Å². The average molecular weight is 322 g/mol. The number of nitrogens with one attached hydrogen (secondary N) is 1. The first-order chi connectivity index (χ1) is 11.7. The maximum absolute atomic E-state index is 4.83. The number of nitrogens with zero attached hydrogens (tertiary/aromatic N) is 3. The number of rotatable bonds is 5. The molecule has 4 rings (SSSR count). The van der Waals surface area contributed by atoms with Gasteiger partial charge < -0.3 is 10.2 Å². The molecule has 0 unspecified atom stereocenters. The first-order valence-corrected chi connectivity index (χ1v) is 9.20. The molecule has 0 bridgehead atoms. The summed E-state index contributed by atoms with van der Waals surface area (Å²) < 4.78 is 0. The van der Waals surface area contributed by atoms with E-state index >= 15 is 0 Å². The Morgan fingerprint density at radius 2 is 2.00 bits per heavy atom. The summed E-state index contributed by atoms with van der Waals surface area (Å²) in [5.74, 6) is 2.51. The molecule has 0 radical (unpaired) electrons. The van der Waals surface area contributed by atoms with Crippen LogP contribution >= 0.6 is 0 Å². The third-order valence-electron chi connectivity index (χ3n) is 5.17. The molecule has 1 aliphatic carbocycles. The number of benzene rings is 1. The second-order valence-electron chi connectivity index (χ2n) is 7.14. The van der Waals surface area contributed by atoms with Crippen molar-refractivity contribution >= 4 is 11.8 Å². The van der Waals surface area contributed by atoms with E-state index in [1.807, 2.05) is 0 Å². The molecule has 0 saturated heterocycles. The van der Waals surface area contributed by atoms with Crippen LogP contribution in [0.15, 0.2) is 30.3 Å². The summed E-state index contributed by atoms with van der Waals surface area (Å²) in [5.41, 5.74) is 4.11. The Morgan fingerprint density at radius 3 is 2.75 bits per heavy atom. The smallest absolute Gasteiger partial charge is 0.225 e. The molecule has 0 amide bonds. The summed E-state index contributed by atoms with van der Waals surface area (Å²) in [7, 11) is 0. The third kappa shape index (κ3) is 3.23. The van der Waals surface area contributed by atoms with E-state index < -0.39 is 0 Å². The molecular weight excluding hydrogens is 296 g/mol. The minimum absolute atomic E-state index is 0.398. The van der Waals surface area contributed by atoms with Gasteiger partial charge in [-0.2, -0.15) is 4.98 Å². The Morgan fingerprint density at radius 1 is 1.21 bits per heavy atom. The van der Waals surface area contributed by atoms with Gasteiger partial charge in [0, 0.05) is 31.1 Å². The monoisotopic (exact) mass is 322 g/mol. The van der Waals surface area contributed by atoms with Crippen molar-refractivity contribution in [2.45, 2.75) is 58.0 Å². The highest BCUT2D eigenvalue weighted by atomic mass is 15.2. The first-order valence-electron chi connectivity index (χ1n) is 9.20. The summed E-state index contributed by atoms with van der Waals surface area (Å²) in [4.78, 5) is 12.0. The summed E-state index contributed by atoms with van der Waals surface area (Å²) in [6.07, 6.45) is 4.70. The van der Waals surface area contributed by atoms with Crippen molar-refractivity contribution in [1.82, 2.24) is 9.97 Å². The van der Waals surface area contributed by atoms with Crippen LogP contribution < -0.4 is 10.2 Å². The molecule has 1 aromatic heterocycles. The van der Waals surface area contributed by atoms with E-state index in [2.05, 4.69) is 54.4 Å². The minimum Gasteiger partial charge on any atom is -0.352 e. The van der Waals surface area contributed by atoms with Crippen LogP contribution in [0, 0.1) is 0 Å². The fraction of sp³-hybridized carbons (Fsp3) is 0.500. The predicted octanol–water partition coefficient (Wildman–Crippen LogP) is 4.13. The van der Waals surface area contributed by atoms with Gasteiger partial charge in [0.1, 0.15) is 5.82 Å². The van der Waals surface area contributed by atoms with Crippen molar-refractivity contribution in [3.05, 3.63) is 47.2 Å². The van der Waals surface area contributed by atoms with Crippen molar-refractivity contribution in [2.24, 2.45) is 0 Å². The lowest BCUT2D eigenvalue weighted by atomic mass is 10.00. The lowest BCUT2D eigenvalue weighted by molar-refractivity contribution is 0.712. The van der Waals surface area contributed by atoms with Crippen molar-refractivity contribution < 1.29 is 0 Å². The van der Waals surface area contributed by atoms with E-state index in [1.165, 1.54) is 29.7 Å². The fourth-order valence-electron chi connectivity index (χ4n) is 3.28. The van der Waals surface area contributed by atoms with Crippen LogP contribution in [0.4, 0.5) is 11.8 Å². The van der Waals surface area contributed by atoms with Gasteiger partial charge in [-0.05, 0) is 43.7 Å². The van der Waals surface area contributed by atoms with Gasteiger partial charge in [0.05, 0.1) is 5.69 Å². The van der Waals surface area contributed by atoms with Gasteiger partial charge in [0.25, 0.3) is 0 Å². The number of hydrogen-bond donors (Lipinski definition) is 1. The summed E-state index contributed by atoms with van der Waals surface area (Å²) in [5, 5.41) is 3.46. The maximum Gasteiger partial charge on any atom is 0.225 e. The van der Waals surface area contributed by atoms with E-state index in [9.17, 15) is 0 Å². The molecule has 1 aliphatic heterocycles. The quantitative estimate of drug-likeness (QED) is 0.899. The van der Waals surface area contributed by atoms with Gasteiger partial charge in [0.2, 0.25) is 5.95 Å². The molecule has 1 atom stereocenters. The van der Waals surface area contributed by atoms with E-state index in [0.717, 1.165) is 37.7 Å². The van der Waals surface area contributed by atoms with E-state index in [0.29, 0.717) is 12.0 Å². The maximum atomic E-state index is 4.83. The molecule has 2 aromatic rings. The molecule has 126 valence electrons. The Hall–Kier alpha value is -2.10. The van der Waals surface area contributed by atoms with Gasteiger partial charge in [-0.15, -0.1) is 0 Å². The molecule has 2 aliphatic rings. The molecular formula is C20H26N4. The number of aromatic nitrogens is 2. The Kier molecular flexibility index (Phi) is 4.13. The zero-order valence-corrected chi connectivity index (χ0v) is 14.6. The predicted molar refractivity (Wildman–Crippen MR) is 98.6 cm³/mol. The van der Waals surface area contributed by atoms with Gasteiger partial charge in [-0.25, -0.2) is 4.98 Å². The lowest BCUT2D eigenvalue weighted by Crippen LogP contribution is -2.31. The first kappa shape index (κ1) is 15.4. The highest BCUT2D eigenvalue weighted by molar-refractivity contribution is 5.49. The molecule has 1 fully saturated rings. The topological polar surface area (TPSA) is 41.1 Å². The zero-order valence-electron chi connectivity index (χ0n) is 14.6. The minimum atomic E-state index is 0.398. The number of hydrogen-bond acceptors (Lipinski definition) is 4. The van der Waals surface area contributed by atoms with E-state index in [1.54, 1.807) is 0 Å². The second kappa shape index (κ2) is 6.42. The van der Waals surface area contributed by atoms with Gasteiger partial charge >= 0.3 is 0 Å². The van der Waals surface area contributed by atoms with E-state index in [4.69, 9.17) is 9.97 Å². The van der Waals surface area contributed by atoms with Crippen molar-refractivity contribution in [3.8, 4) is 0 Å². The van der Waals surface area contributed by atoms with Crippen molar-refractivity contribution in [1.29, 1.82) is 0 Å². The second-order valence-corrected chi connectivity index (χ2v) is 7.14. The van der Waals surface area contributed by atoms with Crippen LogP contribution in [0.2, 0.25) is 0 Å². The summed E-state index contributed by atoms with van der Waals surface area (Å²) in [6.45, 7) is 6.34. The molecule has 24 heavy (non-hydrogen) atoms. The standard InChI is InChI=1S/C20H26N4/c1-3-14(2)21-20-22-18(16-8-9-16)12-19(23-20)24-11-10-15-6-4-5-7-17(15)13-24/h4-7,12,14,16H,3,8-11,13H2,1-2H3,(H,21,22,23)/t14-/m1/s1. The van der Waals surface area contributed by atoms with Crippen LogP contribution in [0.3, 0.4) is 0 Å². The van der Waals surface area contributed by atoms with E-state index in [-0.39, 0.29) is 0 Å². The highest BCUT2D eigenvalue weighted by Gasteiger charge is 2.27. The highest BCUT2D eigenvalue weighted by Crippen LogP contribution is 2.40.